The van der Waals surface area contributed by atoms with Crippen molar-refractivity contribution in [1.29, 1.82) is 0 Å². The molecule has 2 aromatic rings. The van der Waals surface area contributed by atoms with E-state index in [1.807, 2.05) is 25.0 Å². The number of nitrogens with zero attached hydrogens (tertiary/aromatic N) is 4. The van der Waals surface area contributed by atoms with Gasteiger partial charge in [-0.1, -0.05) is 30.3 Å². The van der Waals surface area contributed by atoms with Gasteiger partial charge in [0.1, 0.15) is 0 Å². The van der Waals surface area contributed by atoms with Crippen molar-refractivity contribution in [2.24, 2.45) is 12.0 Å². The fraction of sp³-hybridized carbons (Fsp3) is 0.524. The van der Waals surface area contributed by atoms with Crippen LogP contribution >= 0.6 is 24.0 Å². The standard InChI is InChI=1S/C21H32N6.HI/c1-17-12-20(16-27(17)15-18-8-5-4-6-9-18)25-21(22-2)23-11-7-10-19-13-24-26(3)14-19;/h4-6,8-9,13-14,17,20H,7,10-12,15-16H2,1-3H3,(H2,22,23,25);1H. The Morgan fingerprint density at radius 3 is 2.71 bits per heavy atom. The van der Waals surface area contributed by atoms with Crippen molar-refractivity contribution in [2.45, 2.75) is 44.8 Å². The van der Waals surface area contributed by atoms with Crippen molar-refractivity contribution in [3.05, 3.63) is 53.9 Å². The Kier molecular flexibility index (Phi) is 9.24. The fourth-order valence-corrected chi connectivity index (χ4v) is 3.73. The molecule has 0 aliphatic carbocycles. The Morgan fingerprint density at radius 2 is 2.04 bits per heavy atom. The zero-order valence-electron chi connectivity index (χ0n) is 17.1. The summed E-state index contributed by atoms with van der Waals surface area (Å²) in [5.41, 5.74) is 2.66. The third kappa shape index (κ3) is 6.77. The first-order chi connectivity index (χ1) is 13.1. The molecule has 7 heteroatoms. The van der Waals surface area contributed by atoms with Crippen LogP contribution in [0.4, 0.5) is 0 Å². The summed E-state index contributed by atoms with van der Waals surface area (Å²) in [5, 5.41) is 11.3. The van der Waals surface area contributed by atoms with Gasteiger partial charge < -0.3 is 10.6 Å². The normalized spacial score (nSPS) is 20.0. The summed E-state index contributed by atoms with van der Waals surface area (Å²) >= 11 is 0. The van der Waals surface area contributed by atoms with Crippen LogP contribution in [0, 0.1) is 0 Å². The second kappa shape index (κ2) is 11.4. The minimum atomic E-state index is 0. The van der Waals surface area contributed by atoms with E-state index in [1.165, 1.54) is 11.1 Å². The molecular weight excluding hydrogens is 463 g/mol. The number of hydrogen-bond acceptors (Lipinski definition) is 3. The molecular formula is C21H33IN6. The van der Waals surface area contributed by atoms with Crippen molar-refractivity contribution in [2.75, 3.05) is 20.1 Å². The number of nitrogens with one attached hydrogen (secondary N) is 2. The van der Waals surface area contributed by atoms with E-state index in [0.29, 0.717) is 12.1 Å². The van der Waals surface area contributed by atoms with Crippen LogP contribution in [0.25, 0.3) is 0 Å². The molecule has 0 amide bonds. The molecule has 154 valence electrons. The van der Waals surface area contributed by atoms with Crippen molar-refractivity contribution in [3.63, 3.8) is 0 Å². The summed E-state index contributed by atoms with van der Waals surface area (Å²) in [5.74, 6) is 0.903. The zero-order chi connectivity index (χ0) is 19.1. The van der Waals surface area contributed by atoms with E-state index < -0.39 is 0 Å². The Bertz CT molecular complexity index is 730. The van der Waals surface area contributed by atoms with E-state index in [4.69, 9.17) is 0 Å². The van der Waals surface area contributed by atoms with E-state index >= 15 is 0 Å². The third-order valence-corrected chi connectivity index (χ3v) is 5.19. The molecule has 1 fully saturated rings. The van der Waals surface area contributed by atoms with E-state index in [0.717, 1.165) is 44.9 Å². The van der Waals surface area contributed by atoms with Gasteiger partial charge in [-0.05, 0) is 37.3 Å². The highest BCUT2D eigenvalue weighted by Crippen LogP contribution is 2.20. The monoisotopic (exact) mass is 496 g/mol. The van der Waals surface area contributed by atoms with Crippen LogP contribution in [0.15, 0.2) is 47.7 Å². The number of guanidine groups is 1. The average molecular weight is 496 g/mol. The van der Waals surface area contributed by atoms with Crippen LogP contribution in [-0.4, -0.2) is 52.9 Å². The van der Waals surface area contributed by atoms with Gasteiger partial charge in [0.05, 0.1) is 6.20 Å². The molecule has 0 radical (unpaired) electrons. The Labute approximate surface area is 185 Å². The number of aryl methyl sites for hydroxylation is 2. The molecule has 28 heavy (non-hydrogen) atoms. The number of aromatic nitrogens is 2. The van der Waals surface area contributed by atoms with E-state index in [9.17, 15) is 0 Å². The zero-order valence-corrected chi connectivity index (χ0v) is 19.5. The number of hydrogen-bond donors (Lipinski definition) is 2. The van der Waals surface area contributed by atoms with E-state index in [2.05, 4.69) is 69.1 Å². The molecule has 1 aliphatic heterocycles. The van der Waals surface area contributed by atoms with Gasteiger partial charge in [0.25, 0.3) is 0 Å². The molecule has 0 bridgehead atoms. The molecule has 1 aromatic heterocycles. The van der Waals surface area contributed by atoms with Crippen LogP contribution in [0.5, 0.6) is 0 Å². The van der Waals surface area contributed by atoms with Gasteiger partial charge in [-0.15, -0.1) is 24.0 Å². The fourth-order valence-electron chi connectivity index (χ4n) is 3.73. The SMILES string of the molecule is CN=C(NCCCc1cnn(C)c1)NC1CC(C)N(Cc2ccccc2)C1.I. The van der Waals surface area contributed by atoms with Gasteiger partial charge in [-0.3, -0.25) is 14.6 Å². The van der Waals surface area contributed by atoms with Crippen molar-refractivity contribution in [1.82, 2.24) is 25.3 Å². The lowest BCUT2D eigenvalue weighted by atomic mass is 10.2. The summed E-state index contributed by atoms with van der Waals surface area (Å²) in [7, 11) is 3.80. The lowest BCUT2D eigenvalue weighted by Crippen LogP contribution is -2.44. The van der Waals surface area contributed by atoms with Gasteiger partial charge in [-0.25, -0.2) is 0 Å². The predicted molar refractivity (Wildman–Crippen MR) is 126 cm³/mol. The van der Waals surface area contributed by atoms with Crippen LogP contribution in [0.2, 0.25) is 0 Å². The first-order valence-corrected chi connectivity index (χ1v) is 9.86. The number of aliphatic imine (C=N–C) groups is 1. The smallest absolute Gasteiger partial charge is 0.191 e. The third-order valence-electron chi connectivity index (χ3n) is 5.19. The van der Waals surface area contributed by atoms with Crippen LogP contribution in [-0.2, 0) is 20.0 Å². The van der Waals surface area contributed by atoms with Gasteiger partial charge >= 0.3 is 0 Å². The van der Waals surface area contributed by atoms with Gasteiger partial charge in [-0.2, -0.15) is 5.10 Å². The second-order valence-electron chi connectivity index (χ2n) is 7.47. The average Bonchev–Trinajstić information content (AvgIpc) is 3.24. The van der Waals surface area contributed by atoms with Gasteiger partial charge in [0, 0.05) is 52.0 Å². The molecule has 2 N–H and O–H groups in total. The number of likely N-dealkylation sites (tertiary alicyclic amines) is 1. The largest absolute Gasteiger partial charge is 0.356 e. The van der Waals surface area contributed by atoms with Crippen molar-refractivity contribution in [3.8, 4) is 0 Å². The highest BCUT2D eigenvalue weighted by Gasteiger charge is 2.29. The molecule has 1 aliphatic rings. The van der Waals surface area contributed by atoms with Gasteiger partial charge in [0.2, 0.25) is 0 Å². The Hall–Kier alpha value is -1.61. The predicted octanol–water partition coefficient (Wildman–Crippen LogP) is 2.80. The minimum absolute atomic E-state index is 0. The summed E-state index contributed by atoms with van der Waals surface area (Å²) in [6.07, 6.45) is 7.25. The van der Waals surface area contributed by atoms with Crippen molar-refractivity contribution < 1.29 is 0 Å². The van der Waals surface area contributed by atoms with Crippen LogP contribution in [0.3, 0.4) is 0 Å². The number of benzene rings is 1. The second-order valence-corrected chi connectivity index (χ2v) is 7.47. The molecule has 6 nitrogen and oxygen atoms in total. The lowest BCUT2D eigenvalue weighted by Gasteiger charge is -2.21. The number of rotatable bonds is 7. The maximum Gasteiger partial charge on any atom is 0.191 e. The first-order valence-electron chi connectivity index (χ1n) is 9.86. The summed E-state index contributed by atoms with van der Waals surface area (Å²) in [6.45, 7) is 5.28. The maximum atomic E-state index is 4.39. The molecule has 0 spiro atoms. The number of halogens is 1. The maximum absolute atomic E-state index is 4.39. The summed E-state index contributed by atoms with van der Waals surface area (Å²) in [4.78, 5) is 6.94. The molecule has 3 rings (SSSR count). The lowest BCUT2D eigenvalue weighted by molar-refractivity contribution is 0.258. The first kappa shape index (κ1) is 22.7. The molecule has 2 heterocycles. The molecule has 0 saturated carbocycles. The topological polar surface area (TPSA) is 57.5 Å². The Balaban J connectivity index is 0.00000280. The van der Waals surface area contributed by atoms with E-state index in [-0.39, 0.29) is 24.0 Å². The Morgan fingerprint density at radius 1 is 1.25 bits per heavy atom. The quantitative estimate of drug-likeness (QED) is 0.268. The van der Waals surface area contributed by atoms with Crippen molar-refractivity contribution >= 4 is 29.9 Å². The molecule has 1 aromatic carbocycles. The van der Waals surface area contributed by atoms with Crippen LogP contribution in [0.1, 0.15) is 30.9 Å². The van der Waals surface area contributed by atoms with Gasteiger partial charge in [0.15, 0.2) is 5.96 Å². The highest BCUT2D eigenvalue weighted by atomic mass is 127. The molecule has 1 saturated heterocycles. The minimum Gasteiger partial charge on any atom is -0.356 e. The van der Waals surface area contributed by atoms with E-state index in [1.54, 1.807) is 0 Å². The van der Waals surface area contributed by atoms with Crippen LogP contribution < -0.4 is 10.6 Å². The molecule has 2 atom stereocenters. The summed E-state index contributed by atoms with van der Waals surface area (Å²) in [6, 6.07) is 11.7. The molecule has 2 unspecified atom stereocenters. The highest BCUT2D eigenvalue weighted by molar-refractivity contribution is 14.0. The summed E-state index contributed by atoms with van der Waals surface area (Å²) < 4.78 is 1.85.